The third kappa shape index (κ3) is 11.5. The molecule has 0 atom stereocenters. The molecular formula is C14H22N4O4. The van der Waals surface area contributed by atoms with Gasteiger partial charge in [0.05, 0.1) is 0 Å². The van der Waals surface area contributed by atoms with Crippen molar-refractivity contribution in [3.63, 3.8) is 0 Å². The summed E-state index contributed by atoms with van der Waals surface area (Å²) in [5.74, 6) is -1.31. The molecule has 0 aromatic heterocycles. The molecule has 122 valence electrons. The summed E-state index contributed by atoms with van der Waals surface area (Å²) in [7, 11) is 0. The zero-order chi connectivity index (χ0) is 16.8. The Bertz CT molecular complexity index is 384. The van der Waals surface area contributed by atoms with Crippen molar-refractivity contribution < 1.29 is 19.2 Å². The van der Waals surface area contributed by atoms with Crippen molar-refractivity contribution >= 4 is 23.6 Å². The smallest absolute Gasteiger partial charge is 0.250 e. The van der Waals surface area contributed by atoms with Gasteiger partial charge in [-0.1, -0.05) is 12.8 Å². The maximum Gasteiger partial charge on any atom is 0.250 e. The number of rotatable bonds is 5. The molecule has 2 rings (SSSR count). The van der Waals surface area contributed by atoms with Crippen LogP contribution in [0.25, 0.3) is 0 Å². The number of nitrogens with one attached hydrogen (secondary N) is 2. The summed E-state index contributed by atoms with van der Waals surface area (Å²) in [4.78, 5) is 40.1. The quantitative estimate of drug-likeness (QED) is 0.373. The van der Waals surface area contributed by atoms with Crippen LogP contribution in [-0.2, 0) is 19.2 Å². The average molecular weight is 310 g/mol. The van der Waals surface area contributed by atoms with Crippen molar-refractivity contribution in [1.82, 2.24) is 10.6 Å². The van der Waals surface area contributed by atoms with Gasteiger partial charge in [-0.15, -0.1) is 0 Å². The fourth-order valence-corrected chi connectivity index (χ4v) is 1.35. The van der Waals surface area contributed by atoms with Crippen LogP contribution in [0.5, 0.6) is 0 Å². The maximum absolute atomic E-state index is 10.0. The van der Waals surface area contributed by atoms with Gasteiger partial charge in [0.1, 0.15) is 0 Å². The van der Waals surface area contributed by atoms with E-state index in [1.165, 1.54) is 37.1 Å². The number of imide groups is 2. The highest BCUT2D eigenvalue weighted by Gasteiger charge is 2.07. The van der Waals surface area contributed by atoms with Gasteiger partial charge in [-0.3, -0.25) is 29.8 Å². The summed E-state index contributed by atoms with van der Waals surface area (Å²) in [5, 5.41) is 4.06. The molecule has 0 aromatic carbocycles. The summed E-state index contributed by atoms with van der Waals surface area (Å²) in [6, 6.07) is 0. The molecule has 2 aliphatic heterocycles. The first kappa shape index (κ1) is 19.7. The predicted octanol–water partition coefficient (Wildman–Crippen LogP) is -1.14. The molecule has 0 saturated carbocycles. The van der Waals surface area contributed by atoms with Gasteiger partial charge < -0.3 is 11.5 Å². The highest BCUT2D eigenvalue weighted by atomic mass is 16.2. The van der Waals surface area contributed by atoms with E-state index in [-0.39, 0.29) is 23.6 Å². The second-order valence-electron chi connectivity index (χ2n) is 4.37. The van der Waals surface area contributed by atoms with E-state index in [4.69, 9.17) is 11.5 Å². The van der Waals surface area contributed by atoms with Crippen LogP contribution < -0.4 is 22.1 Å². The predicted molar refractivity (Wildman–Crippen MR) is 81.2 cm³/mol. The molecule has 8 heteroatoms. The number of carbonyl (C=O) groups is 4. The van der Waals surface area contributed by atoms with E-state index in [1.807, 2.05) is 10.6 Å². The van der Waals surface area contributed by atoms with Crippen LogP contribution in [-0.4, -0.2) is 36.7 Å². The van der Waals surface area contributed by atoms with E-state index in [9.17, 15) is 19.2 Å². The van der Waals surface area contributed by atoms with E-state index < -0.39 is 0 Å². The summed E-state index contributed by atoms with van der Waals surface area (Å²) in [6.45, 7) is 1.65. The van der Waals surface area contributed by atoms with Gasteiger partial charge in [-0.2, -0.15) is 0 Å². The minimum Gasteiger partial charge on any atom is -0.330 e. The highest BCUT2D eigenvalue weighted by Crippen LogP contribution is 1.95. The molecule has 2 heterocycles. The van der Waals surface area contributed by atoms with Crippen LogP contribution >= 0.6 is 0 Å². The Hall–Kier alpha value is -2.32. The zero-order valence-corrected chi connectivity index (χ0v) is 12.3. The van der Waals surface area contributed by atoms with E-state index in [0.717, 1.165) is 25.9 Å². The number of hydrogen-bond donors (Lipinski definition) is 4. The number of carbonyl (C=O) groups excluding carboxylic acids is 4. The van der Waals surface area contributed by atoms with E-state index in [0.29, 0.717) is 0 Å². The third-order valence-electron chi connectivity index (χ3n) is 2.42. The van der Waals surface area contributed by atoms with Gasteiger partial charge in [0, 0.05) is 24.3 Å². The Morgan fingerprint density at radius 1 is 0.591 bits per heavy atom. The van der Waals surface area contributed by atoms with Gasteiger partial charge in [-0.05, 0) is 25.9 Å². The van der Waals surface area contributed by atoms with E-state index in [2.05, 4.69) is 0 Å². The van der Waals surface area contributed by atoms with Crippen LogP contribution in [0.3, 0.4) is 0 Å². The van der Waals surface area contributed by atoms with Crippen molar-refractivity contribution in [2.24, 2.45) is 11.5 Å². The molecule has 0 spiro atoms. The minimum absolute atomic E-state index is 0.329. The summed E-state index contributed by atoms with van der Waals surface area (Å²) in [5.41, 5.74) is 10.6. The number of hydrogen-bond acceptors (Lipinski definition) is 6. The lowest BCUT2D eigenvalue weighted by Gasteiger charge is -1.94. The van der Waals surface area contributed by atoms with Crippen molar-refractivity contribution in [3.8, 4) is 0 Å². The molecule has 22 heavy (non-hydrogen) atoms. The molecule has 0 bridgehead atoms. The van der Waals surface area contributed by atoms with Gasteiger partial charge in [0.25, 0.3) is 23.6 Å². The molecule has 6 N–H and O–H groups in total. The second kappa shape index (κ2) is 12.4. The number of unbranched alkanes of at least 4 members (excludes halogenated alkanes) is 3. The Balaban J connectivity index is 0.000000301. The Labute approximate surface area is 129 Å². The van der Waals surface area contributed by atoms with Crippen LogP contribution in [0.1, 0.15) is 25.7 Å². The molecular weight excluding hydrogens is 288 g/mol. The SMILES string of the molecule is NCCCCCCN.O=C1C=CC(=O)N1.O=C1C=CC(=O)N1. The summed E-state index contributed by atoms with van der Waals surface area (Å²) >= 11 is 0. The lowest BCUT2D eigenvalue weighted by molar-refractivity contribution is -0.125. The summed E-state index contributed by atoms with van der Waals surface area (Å²) < 4.78 is 0. The Morgan fingerprint density at radius 3 is 1.00 bits per heavy atom. The van der Waals surface area contributed by atoms with E-state index >= 15 is 0 Å². The molecule has 0 aromatic rings. The van der Waals surface area contributed by atoms with Gasteiger partial charge in [-0.25, -0.2) is 0 Å². The van der Waals surface area contributed by atoms with Crippen molar-refractivity contribution in [3.05, 3.63) is 24.3 Å². The lowest BCUT2D eigenvalue weighted by atomic mass is 10.2. The second-order valence-corrected chi connectivity index (χ2v) is 4.37. The van der Waals surface area contributed by atoms with Crippen LogP contribution in [0.4, 0.5) is 0 Å². The zero-order valence-electron chi connectivity index (χ0n) is 12.3. The molecule has 0 radical (unpaired) electrons. The average Bonchev–Trinajstić information content (AvgIpc) is 3.04. The fraction of sp³-hybridized carbons (Fsp3) is 0.429. The van der Waals surface area contributed by atoms with Crippen molar-refractivity contribution in [2.75, 3.05) is 13.1 Å². The highest BCUT2D eigenvalue weighted by molar-refractivity contribution is 6.13. The largest absolute Gasteiger partial charge is 0.330 e. The molecule has 0 fully saturated rings. The summed E-state index contributed by atoms with van der Waals surface area (Å²) in [6.07, 6.45) is 9.58. The molecule has 4 amide bonds. The van der Waals surface area contributed by atoms with Crippen LogP contribution in [0.15, 0.2) is 24.3 Å². The van der Waals surface area contributed by atoms with Crippen LogP contribution in [0, 0.1) is 0 Å². The lowest BCUT2D eigenvalue weighted by Crippen LogP contribution is -2.19. The minimum atomic E-state index is -0.329. The number of amides is 4. The van der Waals surface area contributed by atoms with E-state index in [1.54, 1.807) is 0 Å². The monoisotopic (exact) mass is 310 g/mol. The standard InChI is InChI=1S/C6H16N2.2C4H3NO2/c7-5-3-1-2-4-6-8;2*6-3-1-2-4(7)5-3/h1-8H2;2*1-2H,(H,5,6,7). The molecule has 8 nitrogen and oxygen atoms in total. The molecule has 0 unspecified atom stereocenters. The first-order valence-corrected chi connectivity index (χ1v) is 6.95. The third-order valence-corrected chi connectivity index (χ3v) is 2.42. The molecule has 0 aliphatic carbocycles. The van der Waals surface area contributed by atoms with Gasteiger partial charge in [0.15, 0.2) is 0 Å². The Morgan fingerprint density at radius 2 is 0.864 bits per heavy atom. The molecule has 0 saturated heterocycles. The number of nitrogens with two attached hydrogens (primary N) is 2. The Kier molecular flexibility index (Phi) is 11.1. The first-order valence-electron chi connectivity index (χ1n) is 6.95. The fourth-order valence-electron chi connectivity index (χ4n) is 1.35. The maximum atomic E-state index is 10.0. The van der Waals surface area contributed by atoms with Gasteiger partial charge in [0.2, 0.25) is 0 Å². The van der Waals surface area contributed by atoms with Crippen LogP contribution in [0.2, 0.25) is 0 Å². The van der Waals surface area contributed by atoms with Gasteiger partial charge >= 0.3 is 0 Å². The van der Waals surface area contributed by atoms with Crippen molar-refractivity contribution in [2.45, 2.75) is 25.7 Å². The van der Waals surface area contributed by atoms with Crippen molar-refractivity contribution in [1.29, 1.82) is 0 Å². The first-order chi connectivity index (χ1) is 10.5. The topological polar surface area (TPSA) is 144 Å². The normalized spacial score (nSPS) is 14.8. The molecule has 2 aliphatic rings.